The Morgan fingerprint density at radius 1 is 1.29 bits per heavy atom. The zero-order chi connectivity index (χ0) is 14.1. The van der Waals surface area contributed by atoms with Crippen LogP contribution in [0.1, 0.15) is 24.2 Å². The van der Waals surface area contributed by atoms with Crippen molar-refractivity contribution in [2.24, 2.45) is 0 Å². The Labute approximate surface area is 130 Å². The second-order valence-corrected chi connectivity index (χ2v) is 6.86. The zero-order valence-corrected chi connectivity index (χ0v) is 13.0. The second kappa shape index (κ2) is 5.67. The molecule has 3 heterocycles. The Morgan fingerprint density at radius 3 is 3.05 bits per heavy atom. The third-order valence-corrected chi connectivity index (χ3v) is 5.00. The Bertz CT molecular complexity index is 711. The van der Waals surface area contributed by atoms with Gasteiger partial charge in [0.15, 0.2) is 0 Å². The monoisotopic (exact) mass is 317 g/mol. The molecule has 0 bridgehead atoms. The molecule has 3 aromatic heterocycles. The van der Waals surface area contributed by atoms with Gasteiger partial charge in [-0.2, -0.15) is 11.3 Å². The normalized spacial score (nSPS) is 14.7. The van der Waals surface area contributed by atoms with Crippen molar-refractivity contribution < 1.29 is 0 Å². The summed E-state index contributed by atoms with van der Waals surface area (Å²) in [5.74, 6) is 0. The maximum absolute atomic E-state index is 4.66. The molecular weight excluding hydrogens is 302 g/mol. The fourth-order valence-corrected chi connectivity index (χ4v) is 3.62. The van der Waals surface area contributed by atoms with Gasteiger partial charge in [-0.25, -0.2) is 9.67 Å². The van der Waals surface area contributed by atoms with Crippen molar-refractivity contribution in [1.82, 2.24) is 25.3 Å². The number of nitrogens with zero attached hydrogens (tertiary/aromatic N) is 4. The Kier molecular flexibility index (Phi) is 3.54. The van der Waals surface area contributed by atoms with E-state index in [1.54, 1.807) is 22.7 Å². The van der Waals surface area contributed by atoms with Crippen LogP contribution < -0.4 is 5.32 Å². The van der Waals surface area contributed by atoms with Crippen molar-refractivity contribution in [3.05, 3.63) is 39.8 Å². The van der Waals surface area contributed by atoms with Crippen LogP contribution in [0, 0.1) is 0 Å². The molecule has 1 saturated carbocycles. The molecule has 5 nitrogen and oxygen atoms in total. The lowest BCUT2D eigenvalue weighted by atomic mass is 10.3. The van der Waals surface area contributed by atoms with Crippen LogP contribution in [-0.2, 0) is 13.1 Å². The van der Waals surface area contributed by atoms with Crippen molar-refractivity contribution >= 4 is 22.7 Å². The highest BCUT2D eigenvalue weighted by molar-refractivity contribution is 7.14. The summed E-state index contributed by atoms with van der Waals surface area (Å²) in [5, 5.41) is 19.2. The maximum Gasteiger partial charge on any atom is 0.124 e. The number of aromatic nitrogens is 4. The number of nitrogens with one attached hydrogen (secondary N) is 1. The molecule has 7 heteroatoms. The number of rotatable bonds is 6. The van der Waals surface area contributed by atoms with Gasteiger partial charge in [0.2, 0.25) is 0 Å². The molecule has 0 aromatic carbocycles. The first kappa shape index (κ1) is 13.1. The topological polar surface area (TPSA) is 55.6 Å². The molecule has 0 amide bonds. The lowest BCUT2D eigenvalue weighted by Gasteiger charge is -1.97. The molecule has 1 aliphatic rings. The van der Waals surface area contributed by atoms with E-state index in [0.717, 1.165) is 22.9 Å². The number of hydrogen-bond donors (Lipinski definition) is 1. The van der Waals surface area contributed by atoms with Crippen LogP contribution in [0.15, 0.2) is 28.4 Å². The van der Waals surface area contributed by atoms with Crippen LogP contribution >= 0.6 is 22.7 Å². The maximum atomic E-state index is 4.66. The first-order valence-electron chi connectivity index (χ1n) is 6.96. The highest BCUT2D eigenvalue weighted by Crippen LogP contribution is 2.25. The van der Waals surface area contributed by atoms with Crippen molar-refractivity contribution in [2.75, 3.05) is 0 Å². The van der Waals surface area contributed by atoms with E-state index in [1.807, 2.05) is 10.9 Å². The minimum absolute atomic E-state index is 0.678. The fourth-order valence-electron chi connectivity index (χ4n) is 2.10. The number of thiazole rings is 1. The van der Waals surface area contributed by atoms with Crippen LogP contribution in [0.3, 0.4) is 0 Å². The van der Waals surface area contributed by atoms with E-state index in [9.17, 15) is 0 Å². The summed E-state index contributed by atoms with van der Waals surface area (Å²) >= 11 is 3.37. The average molecular weight is 317 g/mol. The van der Waals surface area contributed by atoms with E-state index in [0.29, 0.717) is 12.6 Å². The van der Waals surface area contributed by atoms with Crippen molar-refractivity contribution in [3.63, 3.8) is 0 Å². The van der Waals surface area contributed by atoms with E-state index >= 15 is 0 Å². The number of thiophene rings is 1. The standard InChI is InChI=1S/C14H15N5S2/c1-2-11(1)15-5-12-6-19(18-17-12)7-13-9-21-14(16-13)10-3-4-20-8-10/h3-4,6,8-9,11,15H,1-2,5,7H2. The molecule has 4 rings (SSSR count). The summed E-state index contributed by atoms with van der Waals surface area (Å²) < 4.78 is 1.86. The Hall–Kier alpha value is -1.57. The molecule has 1 aliphatic carbocycles. The molecule has 1 fully saturated rings. The van der Waals surface area contributed by atoms with Crippen molar-refractivity contribution in [3.8, 4) is 10.6 Å². The molecule has 0 spiro atoms. The van der Waals surface area contributed by atoms with Gasteiger partial charge in [-0.3, -0.25) is 0 Å². The SMILES string of the molecule is c1cc(-c2nc(Cn3cc(CNC4CC4)nn3)cs2)cs1. The lowest BCUT2D eigenvalue weighted by molar-refractivity contribution is 0.639. The minimum Gasteiger partial charge on any atom is -0.308 e. The Morgan fingerprint density at radius 2 is 2.24 bits per heavy atom. The molecule has 0 saturated heterocycles. The molecular formula is C14H15N5S2. The van der Waals surface area contributed by atoms with Gasteiger partial charge in [0, 0.05) is 28.9 Å². The van der Waals surface area contributed by atoms with Crippen LogP contribution in [-0.4, -0.2) is 26.0 Å². The molecule has 108 valence electrons. The minimum atomic E-state index is 0.678. The highest BCUT2D eigenvalue weighted by Gasteiger charge is 2.20. The fraction of sp³-hybridized carbons (Fsp3) is 0.357. The van der Waals surface area contributed by atoms with Gasteiger partial charge in [-0.1, -0.05) is 5.21 Å². The summed E-state index contributed by atoms with van der Waals surface area (Å²) in [6.07, 6.45) is 4.58. The summed E-state index contributed by atoms with van der Waals surface area (Å²) in [5.41, 5.74) is 3.23. The summed E-state index contributed by atoms with van der Waals surface area (Å²) in [7, 11) is 0. The summed E-state index contributed by atoms with van der Waals surface area (Å²) in [6.45, 7) is 1.49. The first-order valence-corrected chi connectivity index (χ1v) is 8.78. The molecule has 3 aromatic rings. The van der Waals surface area contributed by atoms with Crippen LogP contribution in [0.5, 0.6) is 0 Å². The molecule has 21 heavy (non-hydrogen) atoms. The van der Waals surface area contributed by atoms with Crippen molar-refractivity contribution in [1.29, 1.82) is 0 Å². The van der Waals surface area contributed by atoms with E-state index in [-0.39, 0.29) is 0 Å². The van der Waals surface area contributed by atoms with Gasteiger partial charge in [0.1, 0.15) is 5.01 Å². The van der Waals surface area contributed by atoms with Crippen molar-refractivity contribution in [2.45, 2.75) is 32.0 Å². The van der Waals surface area contributed by atoms with Crippen LogP contribution in [0.25, 0.3) is 10.6 Å². The van der Waals surface area contributed by atoms with Gasteiger partial charge in [-0.05, 0) is 24.3 Å². The zero-order valence-electron chi connectivity index (χ0n) is 11.4. The molecule has 0 unspecified atom stereocenters. The van der Waals surface area contributed by atoms with E-state index in [2.05, 4.69) is 42.8 Å². The summed E-state index contributed by atoms with van der Waals surface area (Å²) in [6, 6.07) is 2.80. The van der Waals surface area contributed by atoms with Gasteiger partial charge < -0.3 is 5.32 Å². The Balaban J connectivity index is 1.41. The second-order valence-electron chi connectivity index (χ2n) is 5.22. The third kappa shape index (κ3) is 3.20. The largest absolute Gasteiger partial charge is 0.308 e. The predicted octanol–water partition coefficient (Wildman–Crippen LogP) is 2.76. The summed E-state index contributed by atoms with van der Waals surface area (Å²) in [4.78, 5) is 4.66. The van der Waals surface area contributed by atoms with Crippen LogP contribution in [0.2, 0.25) is 0 Å². The molecule has 1 N–H and O–H groups in total. The third-order valence-electron chi connectivity index (χ3n) is 3.38. The van der Waals surface area contributed by atoms with E-state index in [1.165, 1.54) is 18.4 Å². The molecule has 0 atom stereocenters. The average Bonchev–Trinajstić information content (AvgIpc) is 2.93. The number of hydrogen-bond acceptors (Lipinski definition) is 6. The quantitative estimate of drug-likeness (QED) is 0.759. The lowest BCUT2D eigenvalue weighted by Crippen LogP contribution is -2.15. The van der Waals surface area contributed by atoms with Gasteiger partial charge in [-0.15, -0.1) is 16.4 Å². The van der Waals surface area contributed by atoms with Crippen LogP contribution in [0.4, 0.5) is 0 Å². The molecule has 0 radical (unpaired) electrons. The van der Waals surface area contributed by atoms with Gasteiger partial charge in [0.05, 0.1) is 24.1 Å². The smallest absolute Gasteiger partial charge is 0.124 e. The predicted molar refractivity (Wildman–Crippen MR) is 84.4 cm³/mol. The van der Waals surface area contributed by atoms with Gasteiger partial charge in [0.25, 0.3) is 0 Å². The van der Waals surface area contributed by atoms with E-state index < -0.39 is 0 Å². The highest BCUT2D eigenvalue weighted by atomic mass is 32.1. The van der Waals surface area contributed by atoms with Gasteiger partial charge >= 0.3 is 0 Å². The van der Waals surface area contributed by atoms with E-state index in [4.69, 9.17) is 0 Å². The molecule has 0 aliphatic heterocycles. The first-order chi connectivity index (χ1) is 10.4.